The summed E-state index contributed by atoms with van der Waals surface area (Å²) < 4.78 is 7.58. The molecule has 0 spiro atoms. The van der Waals surface area contributed by atoms with E-state index in [1.165, 1.54) is 5.56 Å². The van der Waals surface area contributed by atoms with Crippen LogP contribution in [-0.4, -0.2) is 15.7 Å². The lowest BCUT2D eigenvalue weighted by Crippen LogP contribution is -1.84. The fraction of sp³-hybridized carbons (Fsp3) is 0.100. The van der Waals surface area contributed by atoms with E-state index in [4.69, 9.17) is 9.40 Å². The monoisotopic (exact) mass is 316 g/mol. The SMILES string of the molecule is Cc1ccn2cc(-c3ccc(C)c(-c4ccc(C=O)o4)c3)nc2c1. The van der Waals surface area contributed by atoms with Crippen LogP contribution >= 0.6 is 0 Å². The minimum absolute atomic E-state index is 0.331. The Bertz CT molecular complexity index is 1060. The molecule has 4 rings (SSSR count). The van der Waals surface area contributed by atoms with Crippen LogP contribution in [-0.2, 0) is 0 Å². The molecule has 0 atom stereocenters. The fourth-order valence-electron chi connectivity index (χ4n) is 2.83. The minimum Gasteiger partial charge on any atom is -0.453 e. The number of rotatable bonds is 3. The van der Waals surface area contributed by atoms with Crippen LogP contribution in [0.25, 0.3) is 28.2 Å². The molecule has 0 aliphatic heterocycles. The summed E-state index contributed by atoms with van der Waals surface area (Å²) in [5.74, 6) is 1.02. The Morgan fingerprint density at radius 2 is 1.96 bits per heavy atom. The zero-order chi connectivity index (χ0) is 16.7. The highest BCUT2D eigenvalue weighted by Crippen LogP contribution is 2.30. The van der Waals surface area contributed by atoms with E-state index in [1.54, 1.807) is 6.07 Å². The maximum absolute atomic E-state index is 10.8. The van der Waals surface area contributed by atoms with E-state index in [1.807, 2.05) is 35.9 Å². The van der Waals surface area contributed by atoms with Crippen molar-refractivity contribution in [2.45, 2.75) is 13.8 Å². The van der Waals surface area contributed by atoms with Crippen molar-refractivity contribution in [3.63, 3.8) is 0 Å². The van der Waals surface area contributed by atoms with Crippen molar-refractivity contribution >= 4 is 11.9 Å². The molecule has 0 saturated heterocycles. The first-order valence-corrected chi connectivity index (χ1v) is 7.76. The third kappa shape index (κ3) is 2.42. The largest absolute Gasteiger partial charge is 0.453 e. The molecule has 0 N–H and O–H groups in total. The summed E-state index contributed by atoms with van der Waals surface area (Å²) in [5, 5.41) is 0. The topological polar surface area (TPSA) is 47.5 Å². The normalized spacial score (nSPS) is 11.1. The summed E-state index contributed by atoms with van der Waals surface area (Å²) in [6.45, 7) is 4.08. The van der Waals surface area contributed by atoms with E-state index >= 15 is 0 Å². The number of hydrogen-bond acceptors (Lipinski definition) is 3. The van der Waals surface area contributed by atoms with Gasteiger partial charge in [-0.15, -0.1) is 0 Å². The molecule has 3 aromatic heterocycles. The van der Waals surface area contributed by atoms with Gasteiger partial charge < -0.3 is 8.82 Å². The van der Waals surface area contributed by atoms with E-state index in [0.29, 0.717) is 17.8 Å². The van der Waals surface area contributed by atoms with Gasteiger partial charge in [0.25, 0.3) is 0 Å². The van der Waals surface area contributed by atoms with Crippen molar-refractivity contribution in [2.75, 3.05) is 0 Å². The summed E-state index contributed by atoms with van der Waals surface area (Å²) >= 11 is 0. The van der Waals surface area contributed by atoms with E-state index < -0.39 is 0 Å². The van der Waals surface area contributed by atoms with Crippen LogP contribution in [0.1, 0.15) is 21.7 Å². The number of aryl methyl sites for hydroxylation is 2. The second-order valence-electron chi connectivity index (χ2n) is 5.95. The molecule has 4 heteroatoms. The number of aldehydes is 1. The Labute approximate surface area is 139 Å². The molecule has 0 saturated carbocycles. The van der Waals surface area contributed by atoms with Gasteiger partial charge in [0.15, 0.2) is 12.0 Å². The Hall–Kier alpha value is -3.14. The van der Waals surface area contributed by atoms with Crippen molar-refractivity contribution in [1.29, 1.82) is 0 Å². The van der Waals surface area contributed by atoms with Gasteiger partial charge in [0.1, 0.15) is 11.4 Å². The van der Waals surface area contributed by atoms with Crippen molar-refractivity contribution in [2.24, 2.45) is 0 Å². The van der Waals surface area contributed by atoms with Crippen molar-refractivity contribution < 1.29 is 9.21 Å². The van der Waals surface area contributed by atoms with Gasteiger partial charge in [0, 0.05) is 23.5 Å². The second-order valence-corrected chi connectivity index (χ2v) is 5.95. The first kappa shape index (κ1) is 14.5. The second kappa shape index (κ2) is 5.49. The van der Waals surface area contributed by atoms with Gasteiger partial charge in [-0.25, -0.2) is 4.98 Å². The highest BCUT2D eigenvalue weighted by molar-refractivity contribution is 5.76. The number of fused-ring (bicyclic) bond motifs is 1. The molecule has 0 radical (unpaired) electrons. The molecule has 0 amide bonds. The maximum atomic E-state index is 10.8. The van der Waals surface area contributed by atoms with Crippen molar-refractivity contribution in [3.05, 3.63) is 71.7 Å². The van der Waals surface area contributed by atoms with Crippen LogP contribution < -0.4 is 0 Å². The summed E-state index contributed by atoms with van der Waals surface area (Å²) in [7, 11) is 0. The summed E-state index contributed by atoms with van der Waals surface area (Å²) in [6.07, 6.45) is 4.74. The van der Waals surface area contributed by atoms with Crippen LogP contribution in [0.15, 0.2) is 59.3 Å². The molecule has 3 heterocycles. The molecule has 0 unspecified atom stereocenters. The van der Waals surface area contributed by atoms with Gasteiger partial charge in [0.2, 0.25) is 0 Å². The van der Waals surface area contributed by atoms with Crippen molar-refractivity contribution in [1.82, 2.24) is 9.38 Å². The van der Waals surface area contributed by atoms with Gasteiger partial charge in [-0.2, -0.15) is 0 Å². The van der Waals surface area contributed by atoms with Gasteiger partial charge in [0.05, 0.1) is 5.69 Å². The number of imidazole rings is 1. The smallest absolute Gasteiger partial charge is 0.185 e. The Balaban J connectivity index is 1.83. The Morgan fingerprint density at radius 3 is 2.75 bits per heavy atom. The van der Waals surface area contributed by atoms with E-state index in [0.717, 1.165) is 28.0 Å². The molecule has 0 bridgehead atoms. The number of pyridine rings is 1. The molecule has 1 aromatic carbocycles. The van der Waals surface area contributed by atoms with Gasteiger partial charge in [-0.05, 0) is 55.3 Å². The standard InChI is InChI=1S/C20H16N2O2/c1-13-7-8-22-11-18(21-20(22)9-13)15-4-3-14(2)17(10-15)19-6-5-16(12-23)24-19/h3-12H,1-2H3. The first-order valence-electron chi connectivity index (χ1n) is 7.76. The molecule has 0 aliphatic rings. The van der Waals surface area contributed by atoms with Gasteiger partial charge >= 0.3 is 0 Å². The number of hydrogen-bond donors (Lipinski definition) is 0. The number of benzene rings is 1. The third-order valence-electron chi connectivity index (χ3n) is 4.16. The lowest BCUT2D eigenvalue weighted by atomic mass is 10.0. The number of furan rings is 1. The maximum Gasteiger partial charge on any atom is 0.185 e. The predicted molar refractivity (Wildman–Crippen MR) is 93.2 cm³/mol. The lowest BCUT2D eigenvalue weighted by Gasteiger charge is -2.05. The van der Waals surface area contributed by atoms with Gasteiger partial charge in [-0.1, -0.05) is 12.1 Å². The average Bonchev–Trinajstić information content (AvgIpc) is 3.21. The fourth-order valence-corrected chi connectivity index (χ4v) is 2.83. The van der Waals surface area contributed by atoms with Crippen LogP contribution in [0.2, 0.25) is 0 Å². The van der Waals surface area contributed by atoms with E-state index in [-0.39, 0.29) is 0 Å². The zero-order valence-corrected chi connectivity index (χ0v) is 13.5. The van der Waals surface area contributed by atoms with E-state index in [9.17, 15) is 4.79 Å². The van der Waals surface area contributed by atoms with Crippen molar-refractivity contribution in [3.8, 4) is 22.6 Å². The lowest BCUT2D eigenvalue weighted by molar-refractivity contribution is 0.110. The summed E-state index contributed by atoms with van der Waals surface area (Å²) in [5.41, 5.74) is 6.08. The van der Waals surface area contributed by atoms with Crippen LogP contribution in [0.4, 0.5) is 0 Å². The quantitative estimate of drug-likeness (QED) is 0.515. The minimum atomic E-state index is 0.331. The summed E-state index contributed by atoms with van der Waals surface area (Å²) in [6, 6.07) is 13.8. The molecule has 4 aromatic rings. The average molecular weight is 316 g/mol. The molecular weight excluding hydrogens is 300 g/mol. The number of carbonyl (C=O) groups excluding carboxylic acids is 1. The highest BCUT2D eigenvalue weighted by atomic mass is 16.3. The molecular formula is C20H16N2O2. The van der Waals surface area contributed by atoms with Crippen LogP contribution in [0.5, 0.6) is 0 Å². The Kier molecular flexibility index (Phi) is 3.31. The van der Waals surface area contributed by atoms with Crippen LogP contribution in [0.3, 0.4) is 0 Å². The van der Waals surface area contributed by atoms with Crippen LogP contribution in [0, 0.1) is 13.8 Å². The van der Waals surface area contributed by atoms with E-state index in [2.05, 4.69) is 31.2 Å². The van der Waals surface area contributed by atoms with Gasteiger partial charge in [-0.3, -0.25) is 4.79 Å². The molecule has 118 valence electrons. The number of nitrogens with zero attached hydrogens (tertiary/aromatic N) is 2. The predicted octanol–water partition coefficient (Wildman–Crippen LogP) is 4.69. The summed E-state index contributed by atoms with van der Waals surface area (Å²) in [4.78, 5) is 15.6. The molecule has 4 nitrogen and oxygen atoms in total. The Morgan fingerprint density at radius 1 is 1.08 bits per heavy atom. The zero-order valence-electron chi connectivity index (χ0n) is 13.5. The molecule has 24 heavy (non-hydrogen) atoms. The molecule has 0 aliphatic carbocycles. The third-order valence-corrected chi connectivity index (χ3v) is 4.16. The number of aromatic nitrogens is 2. The first-order chi connectivity index (χ1) is 11.6. The highest BCUT2D eigenvalue weighted by Gasteiger charge is 2.11. The molecule has 0 fully saturated rings. The number of carbonyl (C=O) groups is 1.